The number of ether oxygens (including phenoxy) is 3. The van der Waals surface area contributed by atoms with Crippen LogP contribution in [0.5, 0.6) is 0 Å². The molecule has 2 fully saturated rings. The van der Waals surface area contributed by atoms with Gasteiger partial charge in [-0.05, 0) is 0 Å². The molecule has 17 heavy (non-hydrogen) atoms. The maximum atomic E-state index is 9.86. The van der Waals surface area contributed by atoms with Gasteiger partial charge in [0.25, 0.3) is 0 Å². The van der Waals surface area contributed by atoms with Crippen LogP contribution in [0.1, 0.15) is 0 Å². The Morgan fingerprint density at radius 1 is 1.18 bits per heavy atom. The van der Waals surface area contributed by atoms with Crippen molar-refractivity contribution >= 4 is 0 Å². The molecular weight excluding hydrogens is 224 g/mol. The lowest BCUT2D eigenvalue weighted by molar-refractivity contribution is -0.0981. The first kappa shape index (κ1) is 13.2. The number of hydrogen-bond acceptors (Lipinski definition) is 6. The van der Waals surface area contributed by atoms with E-state index in [-0.39, 0.29) is 12.2 Å². The lowest BCUT2D eigenvalue weighted by Crippen LogP contribution is -2.47. The molecule has 3 N–H and O–H groups in total. The van der Waals surface area contributed by atoms with Crippen molar-refractivity contribution in [2.45, 2.75) is 18.3 Å². The van der Waals surface area contributed by atoms with E-state index in [4.69, 9.17) is 14.2 Å². The number of hydrogen-bond donors (Lipinski definition) is 3. The average Bonchev–Trinajstić information content (AvgIpc) is 2.41. The fourth-order valence-corrected chi connectivity index (χ4v) is 1.99. The number of aliphatic hydroxyl groups is 1. The number of rotatable bonds is 5. The third-order valence-corrected chi connectivity index (χ3v) is 2.98. The van der Waals surface area contributed by atoms with Crippen LogP contribution in [0, 0.1) is 0 Å². The van der Waals surface area contributed by atoms with Crippen molar-refractivity contribution in [2.75, 3.05) is 52.6 Å². The first-order chi connectivity index (χ1) is 8.36. The van der Waals surface area contributed by atoms with Crippen molar-refractivity contribution < 1.29 is 19.3 Å². The van der Waals surface area contributed by atoms with Gasteiger partial charge in [0.15, 0.2) is 0 Å². The van der Waals surface area contributed by atoms with E-state index in [1.165, 1.54) is 0 Å². The summed E-state index contributed by atoms with van der Waals surface area (Å²) in [6.45, 7) is 5.45. The van der Waals surface area contributed by atoms with Crippen LogP contribution in [0.15, 0.2) is 0 Å². The van der Waals surface area contributed by atoms with Gasteiger partial charge in [0, 0.05) is 26.2 Å². The summed E-state index contributed by atoms with van der Waals surface area (Å²) in [6.07, 6.45) is -0.630. The molecule has 0 radical (unpaired) electrons. The Kier molecular flexibility index (Phi) is 5.63. The predicted molar refractivity (Wildman–Crippen MR) is 62.0 cm³/mol. The smallest absolute Gasteiger partial charge is 0.105 e. The van der Waals surface area contributed by atoms with E-state index in [9.17, 15) is 5.11 Å². The van der Waals surface area contributed by atoms with E-state index in [1.54, 1.807) is 0 Å². The average molecular weight is 246 g/mol. The molecule has 100 valence electrons. The summed E-state index contributed by atoms with van der Waals surface area (Å²) in [4.78, 5) is 0. The summed E-state index contributed by atoms with van der Waals surface area (Å²) in [5, 5.41) is 16.3. The van der Waals surface area contributed by atoms with Crippen molar-refractivity contribution in [1.82, 2.24) is 10.6 Å². The van der Waals surface area contributed by atoms with Crippen molar-refractivity contribution in [3.05, 3.63) is 0 Å². The Morgan fingerprint density at radius 2 is 1.94 bits per heavy atom. The normalized spacial score (nSPS) is 32.3. The van der Waals surface area contributed by atoms with Crippen molar-refractivity contribution in [2.24, 2.45) is 0 Å². The van der Waals surface area contributed by atoms with Crippen LogP contribution in [0.4, 0.5) is 0 Å². The Morgan fingerprint density at radius 3 is 2.59 bits per heavy atom. The summed E-state index contributed by atoms with van der Waals surface area (Å²) >= 11 is 0. The molecule has 2 aliphatic heterocycles. The summed E-state index contributed by atoms with van der Waals surface area (Å²) in [7, 11) is 0. The quantitative estimate of drug-likeness (QED) is 0.539. The Bertz CT molecular complexity index is 206. The predicted octanol–water partition coefficient (Wildman–Crippen LogP) is -1.66. The van der Waals surface area contributed by atoms with Gasteiger partial charge >= 0.3 is 0 Å². The van der Waals surface area contributed by atoms with Gasteiger partial charge in [0.05, 0.1) is 38.6 Å². The summed E-state index contributed by atoms with van der Waals surface area (Å²) in [5.74, 6) is 0. The van der Waals surface area contributed by atoms with Gasteiger partial charge in [-0.1, -0.05) is 0 Å². The van der Waals surface area contributed by atoms with E-state index < -0.39 is 6.10 Å². The van der Waals surface area contributed by atoms with E-state index in [0.29, 0.717) is 26.4 Å². The van der Waals surface area contributed by atoms with Crippen molar-refractivity contribution in [3.8, 4) is 0 Å². The summed E-state index contributed by atoms with van der Waals surface area (Å²) < 4.78 is 16.4. The van der Waals surface area contributed by atoms with E-state index in [1.807, 2.05) is 0 Å². The number of nitrogens with one attached hydrogen (secondary N) is 2. The molecule has 0 aromatic heterocycles. The van der Waals surface area contributed by atoms with Crippen molar-refractivity contribution in [3.63, 3.8) is 0 Å². The highest BCUT2D eigenvalue weighted by atomic mass is 16.5. The van der Waals surface area contributed by atoms with Gasteiger partial charge in [-0.2, -0.15) is 0 Å². The molecule has 2 aliphatic rings. The largest absolute Gasteiger partial charge is 0.388 e. The molecule has 0 aromatic carbocycles. The fourth-order valence-electron chi connectivity index (χ4n) is 1.99. The molecule has 3 atom stereocenters. The second kappa shape index (κ2) is 7.25. The number of aliphatic hydroxyl groups excluding tert-OH is 1. The minimum atomic E-state index is -0.570. The zero-order valence-corrected chi connectivity index (χ0v) is 10.1. The second-order valence-corrected chi connectivity index (χ2v) is 4.42. The van der Waals surface area contributed by atoms with Gasteiger partial charge in [0.2, 0.25) is 0 Å². The van der Waals surface area contributed by atoms with Gasteiger partial charge in [-0.25, -0.2) is 0 Å². The molecule has 2 saturated heterocycles. The molecule has 3 unspecified atom stereocenters. The molecule has 0 spiro atoms. The monoisotopic (exact) mass is 246 g/mol. The van der Waals surface area contributed by atoms with Crippen LogP contribution >= 0.6 is 0 Å². The molecule has 0 aromatic rings. The SMILES string of the molecule is OC(COCC1CNCCO1)C1CNCCO1. The minimum absolute atomic E-state index is 0.0985. The van der Waals surface area contributed by atoms with Crippen LogP contribution in [0.25, 0.3) is 0 Å². The van der Waals surface area contributed by atoms with E-state index >= 15 is 0 Å². The second-order valence-electron chi connectivity index (χ2n) is 4.42. The van der Waals surface area contributed by atoms with Crippen LogP contribution in [-0.2, 0) is 14.2 Å². The zero-order valence-electron chi connectivity index (χ0n) is 10.1. The van der Waals surface area contributed by atoms with E-state index in [0.717, 1.165) is 26.2 Å². The molecule has 6 nitrogen and oxygen atoms in total. The third-order valence-electron chi connectivity index (χ3n) is 2.98. The molecule has 2 rings (SSSR count). The lowest BCUT2D eigenvalue weighted by atomic mass is 10.2. The Hall–Kier alpha value is -0.240. The fraction of sp³-hybridized carbons (Fsp3) is 1.00. The molecule has 0 saturated carbocycles. The molecular formula is C11H22N2O4. The van der Waals surface area contributed by atoms with Crippen LogP contribution in [0.3, 0.4) is 0 Å². The van der Waals surface area contributed by atoms with Crippen molar-refractivity contribution in [1.29, 1.82) is 0 Å². The van der Waals surface area contributed by atoms with Gasteiger partial charge < -0.3 is 30.0 Å². The highest BCUT2D eigenvalue weighted by Crippen LogP contribution is 2.04. The van der Waals surface area contributed by atoms with Crippen LogP contribution in [0.2, 0.25) is 0 Å². The molecule has 0 aliphatic carbocycles. The Labute approximate surface area is 102 Å². The van der Waals surface area contributed by atoms with Crippen LogP contribution in [-0.4, -0.2) is 76.0 Å². The minimum Gasteiger partial charge on any atom is -0.388 e. The third kappa shape index (κ3) is 4.50. The standard InChI is InChI=1S/C11H22N2O4/c14-10(11-6-13-2-4-17-11)8-15-7-9-5-12-1-3-16-9/h9-14H,1-8H2. The summed E-state index contributed by atoms with van der Waals surface area (Å²) in [6, 6.07) is 0. The maximum Gasteiger partial charge on any atom is 0.105 e. The Balaban J connectivity index is 1.57. The highest BCUT2D eigenvalue weighted by molar-refractivity contribution is 4.75. The maximum absolute atomic E-state index is 9.86. The van der Waals surface area contributed by atoms with Gasteiger partial charge in [0.1, 0.15) is 6.10 Å². The molecule has 2 heterocycles. The molecule has 6 heteroatoms. The highest BCUT2D eigenvalue weighted by Gasteiger charge is 2.23. The zero-order chi connectivity index (χ0) is 11.9. The van der Waals surface area contributed by atoms with Gasteiger partial charge in [-0.15, -0.1) is 0 Å². The molecule has 0 amide bonds. The topological polar surface area (TPSA) is 72.0 Å². The number of morpholine rings is 2. The summed E-state index contributed by atoms with van der Waals surface area (Å²) in [5.41, 5.74) is 0. The van der Waals surface area contributed by atoms with Gasteiger partial charge in [-0.3, -0.25) is 0 Å². The molecule has 0 bridgehead atoms. The first-order valence-corrected chi connectivity index (χ1v) is 6.26. The first-order valence-electron chi connectivity index (χ1n) is 6.26. The van der Waals surface area contributed by atoms with E-state index in [2.05, 4.69) is 10.6 Å². The van der Waals surface area contributed by atoms with Crippen LogP contribution < -0.4 is 10.6 Å². The lowest BCUT2D eigenvalue weighted by Gasteiger charge is -2.28.